The van der Waals surface area contributed by atoms with Crippen LogP contribution in [0.5, 0.6) is 0 Å². The Balaban J connectivity index is 2.54. The molecule has 1 rings (SSSR count). The minimum Gasteiger partial charge on any atom is -0.480 e. The third-order valence-electron chi connectivity index (χ3n) is 3.84. The summed E-state index contributed by atoms with van der Waals surface area (Å²) in [6.45, 7) is 6.12. The lowest BCUT2D eigenvalue weighted by Crippen LogP contribution is -2.59. The Labute approximate surface area is 125 Å². The topological polar surface area (TPSA) is 78.4 Å². The molecule has 0 bridgehead atoms. The van der Waals surface area contributed by atoms with Crippen molar-refractivity contribution in [2.24, 2.45) is 5.92 Å². The second-order valence-electron chi connectivity index (χ2n) is 5.73. The molecular formula is C14H26N2O3S. The summed E-state index contributed by atoms with van der Waals surface area (Å²) < 4.78 is 0. The lowest BCUT2D eigenvalue weighted by atomic mass is 9.77. The van der Waals surface area contributed by atoms with Crippen molar-refractivity contribution < 1.29 is 14.7 Å². The van der Waals surface area contributed by atoms with Crippen LogP contribution in [-0.2, 0) is 4.79 Å². The second kappa shape index (κ2) is 7.76. The van der Waals surface area contributed by atoms with E-state index in [-0.39, 0.29) is 12.1 Å². The third kappa shape index (κ3) is 4.89. The van der Waals surface area contributed by atoms with Crippen LogP contribution in [0.25, 0.3) is 0 Å². The van der Waals surface area contributed by atoms with Crippen LogP contribution in [0.2, 0.25) is 0 Å². The molecule has 1 saturated carbocycles. The summed E-state index contributed by atoms with van der Waals surface area (Å²) in [5.74, 6) is 1.45. The van der Waals surface area contributed by atoms with Gasteiger partial charge in [0.15, 0.2) is 0 Å². The normalized spacial score (nSPS) is 27.6. The Morgan fingerprint density at radius 3 is 2.50 bits per heavy atom. The van der Waals surface area contributed by atoms with Crippen molar-refractivity contribution in [3.05, 3.63) is 0 Å². The Hall–Kier alpha value is -0.910. The Bertz CT molecular complexity index is 341. The molecule has 0 heterocycles. The van der Waals surface area contributed by atoms with E-state index < -0.39 is 11.5 Å². The number of carboxylic acid groups (broad SMARTS) is 1. The molecule has 116 valence electrons. The molecule has 3 N–H and O–H groups in total. The van der Waals surface area contributed by atoms with Crippen molar-refractivity contribution in [1.82, 2.24) is 10.6 Å². The number of hydrogen-bond donors (Lipinski definition) is 3. The van der Waals surface area contributed by atoms with Crippen LogP contribution in [0.4, 0.5) is 4.79 Å². The number of amides is 2. The fourth-order valence-electron chi connectivity index (χ4n) is 2.46. The quantitative estimate of drug-likeness (QED) is 0.704. The number of hydrogen-bond acceptors (Lipinski definition) is 3. The van der Waals surface area contributed by atoms with Crippen LogP contribution < -0.4 is 10.6 Å². The Kier molecular flexibility index (Phi) is 6.65. The van der Waals surface area contributed by atoms with Gasteiger partial charge in [0, 0.05) is 11.8 Å². The zero-order chi connectivity index (χ0) is 15.2. The molecule has 1 fully saturated rings. The van der Waals surface area contributed by atoms with Crippen molar-refractivity contribution in [2.45, 2.75) is 58.0 Å². The van der Waals surface area contributed by atoms with Crippen LogP contribution in [0.3, 0.4) is 0 Å². The van der Waals surface area contributed by atoms with Gasteiger partial charge in [0.1, 0.15) is 5.54 Å². The van der Waals surface area contributed by atoms with E-state index in [1.165, 1.54) is 0 Å². The highest BCUT2D eigenvalue weighted by atomic mass is 32.2. The van der Waals surface area contributed by atoms with Gasteiger partial charge in [0.25, 0.3) is 0 Å². The number of aliphatic carboxylic acids is 1. The van der Waals surface area contributed by atoms with Gasteiger partial charge >= 0.3 is 12.0 Å². The van der Waals surface area contributed by atoms with Crippen LogP contribution in [0.1, 0.15) is 46.5 Å². The number of urea groups is 1. The molecule has 0 spiro atoms. The lowest BCUT2D eigenvalue weighted by Gasteiger charge is -2.36. The van der Waals surface area contributed by atoms with Crippen molar-refractivity contribution >= 4 is 23.8 Å². The minimum atomic E-state index is -1.09. The van der Waals surface area contributed by atoms with E-state index in [1.54, 1.807) is 11.8 Å². The monoisotopic (exact) mass is 302 g/mol. The fourth-order valence-corrected chi connectivity index (χ4v) is 3.13. The molecular weight excluding hydrogens is 276 g/mol. The summed E-state index contributed by atoms with van der Waals surface area (Å²) in [5, 5.41) is 15.0. The first-order valence-corrected chi connectivity index (χ1v) is 8.45. The summed E-state index contributed by atoms with van der Waals surface area (Å²) in [6, 6.07) is -0.334. The smallest absolute Gasteiger partial charge is 0.329 e. The van der Waals surface area contributed by atoms with Gasteiger partial charge in [-0.1, -0.05) is 13.8 Å². The molecule has 0 aliphatic heterocycles. The molecule has 0 aromatic heterocycles. The van der Waals surface area contributed by atoms with Crippen LogP contribution in [0.15, 0.2) is 0 Å². The molecule has 1 aliphatic carbocycles. The van der Waals surface area contributed by atoms with E-state index in [0.717, 1.165) is 24.3 Å². The Morgan fingerprint density at radius 1 is 1.40 bits per heavy atom. The summed E-state index contributed by atoms with van der Waals surface area (Å²) in [7, 11) is 0. The number of thioether (sulfide) groups is 1. The maximum absolute atomic E-state index is 12.0. The summed E-state index contributed by atoms with van der Waals surface area (Å²) >= 11 is 1.75. The molecule has 5 nitrogen and oxygen atoms in total. The number of rotatable bonds is 6. The van der Waals surface area contributed by atoms with Gasteiger partial charge in [0.2, 0.25) is 0 Å². The molecule has 0 aromatic rings. The minimum absolute atomic E-state index is 0.0355. The third-order valence-corrected chi connectivity index (χ3v) is 4.98. The molecule has 1 atom stereocenters. The second-order valence-corrected chi connectivity index (χ2v) is 7.05. The Morgan fingerprint density at radius 2 is 2.00 bits per heavy atom. The van der Waals surface area contributed by atoms with Gasteiger partial charge in [-0.2, -0.15) is 11.8 Å². The van der Waals surface area contributed by atoms with Gasteiger partial charge in [-0.3, -0.25) is 0 Å². The molecule has 0 radical (unpaired) electrons. The molecule has 1 unspecified atom stereocenters. The number of carbonyl (C=O) groups excluding carboxylic acids is 1. The van der Waals surface area contributed by atoms with E-state index in [0.29, 0.717) is 18.8 Å². The van der Waals surface area contributed by atoms with Gasteiger partial charge in [-0.15, -0.1) is 0 Å². The number of carbonyl (C=O) groups is 2. The molecule has 0 aromatic carbocycles. The summed E-state index contributed by atoms with van der Waals surface area (Å²) in [5.41, 5.74) is -1.09. The average Bonchev–Trinajstić information content (AvgIpc) is 2.39. The van der Waals surface area contributed by atoms with Crippen molar-refractivity contribution in [1.29, 1.82) is 0 Å². The van der Waals surface area contributed by atoms with Gasteiger partial charge in [-0.05, 0) is 44.3 Å². The highest BCUT2D eigenvalue weighted by Crippen LogP contribution is 2.32. The van der Waals surface area contributed by atoms with Crippen molar-refractivity contribution in [3.8, 4) is 0 Å². The molecule has 0 saturated heterocycles. The first kappa shape index (κ1) is 17.1. The lowest BCUT2D eigenvalue weighted by molar-refractivity contribution is -0.146. The van der Waals surface area contributed by atoms with E-state index >= 15 is 0 Å². The molecule has 20 heavy (non-hydrogen) atoms. The number of carboxylic acids is 1. The molecule has 2 amide bonds. The molecule has 6 heteroatoms. The predicted molar refractivity (Wildman–Crippen MR) is 82.1 cm³/mol. The van der Waals surface area contributed by atoms with Crippen molar-refractivity contribution in [2.75, 3.05) is 11.5 Å². The largest absolute Gasteiger partial charge is 0.480 e. The predicted octanol–water partition coefficient (Wildman–Crippen LogP) is 2.46. The highest BCUT2D eigenvalue weighted by Gasteiger charge is 2.42. The highest BCUT2D eigenvalue weighted by molar-refractivity contribution is 7.99. The van der Waals surface area contributed by atoms with Crippen LogP contribution >= 0.6 is 11.8 Å². The zero-order valence-corrected chi connectivity index (χ0v) is 13.4. The fraction of sp³-hybridized carbons (Fsp3) is 0.857. The summed E-state index contributed by atoms with van der Waals surface area (Å²) in [6.07, 6.45) is 2.70. The average molecular weight is 302 g/mol. The first-order chi connectivity index (χ1) is 9.39. The maximum Gasteiger partial charge on any atom is 0.329 e. The van der Waals surface area contributed by atoms with E-state index in [9.17, 15) is 14.7 Å². The van der Waals surface area contributed by atoms with Gasteiger partial charge < -0.3 is 15.7 Å². The van der Waals surface area contributed by atoms with Crippen LogP contribution in [0, 0.1) is 5.92 Å². The van der Waals surface area contributed by atoms with E-state index in [4.69, 9.17) is 0 Å². The van der Waals surface area contributed by atoms with Crippen LogP contribution in [-0.4, -0.2) is 40.2 Å². The standard InChI is InChI=1S/C14H26N2O3S/c1-4-20-9-11(3)15-13(19)16-14(12(17)18)7-5-10(2)6-8-14/h10-11H,4-9H2,1-3H3,(H,17,18)(H2,15,16,19). The van der Waals surface area contributed by atoms with Crippen molar-refractivity contribution in [3.63, 3.8) is 0 Å². The van der Waals surface area contributed by atoms with Gasteiger partial charge in [-0.25, -0.2) is 9.59 Å². The maximum atomic E-state index is 12.0. The molecule has 1 aliphatic rings. The van der Waals surface area contributed by atoms with E-state index in [2.05, 4.69) is 24.5 Å². The number of nitrogens with one attached hydrogen (secondary N) is 2. The first-order valence-electron chi connectivity index (χ1n) is 7.29. The van der Waals surface area contributed by atoms with Gasteiger partial charge in [0.05, 0.1) is 0 Å². The zero-order valence-electron chi connectivity index (χ0n) is 12.6. The van der Waals surface area contributed by atoms with E-state index in [1.807, 2.05) is 6.92 Å². The SMILES string of the molecule is CCSCC(C)NC(=O)NC1(C(=O)O)CCC(C)CC1. The summed E-state index contributed by atoms with van der Waals surface area (Å²) in [4.78, 5) is 23.5.